The molecule has 4 rings (SSSR count). The van der Waals surface area contributed by atoms with Crippen LogP contribution in [0.1, 0.15) is 47.2 Å². The van der Waals surface area contributed by atoms with E-state index < -0.39 is 42.4 Å². The third-order valence-electron chi connectivity index (χ3n) is 6.51. The first-order valence-corrected chi connectivity index (χ1v) is 14.1. The number of Topliss-reactive ketones (excluding diaryl/α,β-unsaturated/α-hetero) is 2. The van der Waals surface area contributed by atoms with Gasteiger partial charge in [0.25, 0.3) is 0 Å². The lowest BCUT2D eigenvalue weighted by molar-refractivity contribution is -0.122. The van der Waals surface area contributed by atoms with Gasteiger partial charge in [-0.2, -0.15) is 0 Å². The molecule has 0 bridgehead atoms. The SMILES string of the molecule is CON=C1CCS(=O)(=O)c2ccc(C(=O)C3C(=O)CCCC3S(=O)(=O)c3ccccc3)c(C)c21. The Morgan fingerprint density at radius 3 is 2.47 bits per heavy atom. The molecule has 1 saturated carbocycles. The van der Waals surface area contributed by atoms with Gasteiger partial charge in [0.2, 0.25) is 0 Å². The summed E-state index contributed by atoms with van der Waals surface area (Å²) in [6.45, 7) is 1.59. The monoisotopic (exact) mass is 503 g/mol. The number of fused-ring (bicyclic) bond motifs is 1. The second-order valence-corrected chi connectivity index (χ2v) is 12.7. The summed E-state index contributed by atoms with van der Waals surface area (Å²) in [4.78, 5) is 31.7. The van der Waals surface area contributed by atoms with Crippen LogP contribution in [0, 0.1) is 12.8 Å². The molecule has 2 aromatic rings. The fourth-order valence-electron chi connectivity index (χ4n) is 4.85. The Bertz CT molecular complexity index is 1390. The molecule has 34 heavy (non-hydrogen) atoms. The summed E-state index contributed by atoms with van der Waals surface area (Å²) in [6, 6.07) is 10.5. The summed E-state index contributed by atoms with van der Waals surface area (Å²) in [6.07, 6.45) is 0.806. The lowest BCUT2D eigenvalue weighted by Gasteiger charge is -2.30. The van der Waals surface area contributed by atoms with Crippen molar-refractivity contribution < 1.29 is 31.3 Å². The maximum atomic E-state index is 13.7. The van der Waals surface area contributed by atoms with Crippen LogP contribution in [0.4, 0.5) is 0 Å². The zero-order valence-electron chi connectivity index (χ0n) is 18.9. The van der Waals surface area contributed by atoms with Crippen molar-refractivity contribution in [3.63, 3.8) is 0 Å². The van der Waals surface area contributed by atoms with Crippen LogP contribution in [-0.2, 0) is 29.3 Å². The van der Waals surface area contributed by atoms with Gasteiger partial charge in [-0.3, -0.25) is 9.59 Å². The van der Waals surface area contributed by atoms with Crippen molar-refractivity contribution in [2.45, 2.75) is 47.6 Å². The second kappa shape index (κ2) is 9.07. The molecule has 0 saturated heterocycles. The molecule has 1 heterocycles. The van der Waals surface area contributed by atoms with Crippen LogP contribution in [-0.4, -0.2) is 52.2 Å². The number of hydrogen-bond acceptors (Lipinski definition) is 8. The molecule has 2 aliphatic rings. The third-order valence-corrected chi connectivity index (χ3v) is 10.5. The highest BCUT2D eigenvalue weighted by Gasteiger charge is 2.46. The van der Waals surface area contributed by atoms with Crippen LogP contribution in [0.5, 0.6) is 0 Å². The smallest absolute Gasteiger partial charge is 0.182 e. The lowest BCUT2D eigenvalue weighted by atomic mass is 9.80. The first kappa shape index (κ1) is 24.3. The van der Waals surface area contributed by atoms with Crippen LogP contribution in [0.3, 0.4) is 0 Å². The Labute approximate surface area is 198 Å². The molecule has 2 unspecified atom stereocenters. The normalized spacial score (nSPS) is 23.4. The molecule has 1 aliphatic carbocycles. The molecule has 0 amide bonds. The van der Waals surface area contributed by atoms with Crippen molar-refractivity contribution in [2.75, 3.05) is 12.9 Å². The van der Waals surface area contributed by atoms with E-state index in [1.807, 2.05) is 0 Å². The summed E-state index contributed by atoms with van der Waals surface area (Å²) in [5, 5.41) is 2.77. The van der Waals surface area contributed by atoms with Gasteiger partial charge in [-0.05, 0) is 49.6 Å². The van der Waals surface area contributed by atoms with Crippen molar-refractivity contribution in [2.24, 2.45) is 11.1 Å². The van der Waals surface area contributed by atoms with E-state index in [1.165, 1.54) is 31.4 Å². The predicted octanol–water partition coefficient (Wildman–Crippen LogP) is 2.92. The molecule has 1 fully saturated rings. The van der Waals surface area contributed by atoms with E-state index in [1.54, 1.807) is 25.1 Å². The largest absolute Gasteiger partial charge is 0.399 e. The Morgan fingerprint density at radius 2 is 1.79 bits per heavy atom. The summed E-state index contributed by atoms with van der Waals surface area (Å²) in [7, 11) is -6.17. The first-order chi connectivity index (χ1) is 16.1. The quantitative estimate of drug-likeness (QED) is 0.349. The van der Waals surface area contributed by atoms with Crippen molar-refractivity contribution in [1.82, 2.24) is 0 Å². The average molecular weight is 504 g/mol. The third kappa shape index (κ3) is 4.09. The number of carbonyl (C=O) groups excluding carboxylic acids is 2. The van der Waals surface area contributed by atoms with Crippen LogP contribution in [0.2, 0.25) is 0 Å². The van der Waals surface area contributed by atoms with Gasteiger partial charge >= 0.3 is 0 Å². The van der Waals surface area contributed by atoms with Gasteiger partial charge in [0, 0.05) is 24.0 Å². The molecule has 0 radical (unpaired) electrons. The number of oxime groups is 1. The first-order valence-electron chi connectivity index (χ1n) is 10.9. The second-order valence-electron chi connectivity index (χ2n) is 8.50. The molecule has 10 heteroatoms. The van der Waals surface area contributed by atoms with E-state index in [-0.39, 0.29) is 45.9 Å². The molecule has 2 aromatic carbocycles. The molecule has 8 nitrogen and oxygen atoms in total. The summed E-state index contributed by atoms with van der Waals surface area (Å²) < 4.78 is 52.1. The molecule has 0 aromatic heterocycles. The summed E-state index contributed by atoms with van der Waals surface area (Å²) in [5.41, 5.74) is 1.14. The topological polar surface area (TPSA) is 124 Å². The molecule has 180 valence electrons. The maximum Gasteiger partial charge on any atom is 0.182 e. The highest BCUT2D eigenvalue weighted by molar-refractivity contribution is 7.92. The highest BCUT2D eigenvalue weighted by Crippen LogP contribution is 2.36. The molecule has 1 aliphatic heterocycles. The van der Waals surface area contributed by atoms with Crippen LogP contribution < -0.4 is 0 Å². The van der Waals surface area contributed by atoms with Crippen molar-refractivity contribution in [1.29, 1.82) is 0 Å². The minimum Gasteiger partial charge on any atom is -0.399 e. The van der Waals surface area contributed by atoms with E-state index in [2.05, 4.69) is 5.16 Å². The number of ketones is 2. The standard InChI is InChI=1S/C24H25NO7S2/c1-15-17(11-12-20-22(15)18(25-32-2)13-14-33(20,28)29)24(27)23-19(26)9-6-10-21(23)34(30,31)16-7-4-3-5-8-16/h3-5,7-8,11-12,21,23H,6,9-10,13-14H2,1-2H3. The van der Waals surface area contributed by atoms with Gasteiger partial charge < -0.3 is 4.84 Å². The molecule has 0 spiro atoms. The Morgan fingerprint density at radius 1 is 1.09 bits per heavy atom. The van der Waals surface area contributed by atoms with Gasteiger partial charge in [0.05, 0.1) is 32.4 Å². The molecule has 0 N–H and O–H groups in total. The number of carbonyl (C=O) groups is 2. The molecular formula is C24H25NO7S2. The lowest BCUT2D eigenvalue weighted by Crippen LogP contribution is -2.43. The average Bonchev–Trinajstić information content (AvgIpc) is 2.81. The van der Waals surface area contributed by atoms with Gasteiger partial charge in [-0.15, -0.1) is 0 Å². The number of hydrogen-bond donors (Lipinski definition) is 0. The fourth-order valence-corrected chi connectivity index (χ4v) is 8.38. The zero-order chi connectivity index (χ0) is 24.7. The Kier molecular flexibility index (Phi) is 6.48. The number of nitrogens with zero attached hydrogens (tertiary/aromatic N) is 1. The van der Waals surface area contributed by atoms with E-state index in [0.29, 0.717) is 17.7 Å². The number of rotatable bonds is 5. The van der Waals surface area contributed by atoms with Crippen LogP contribution in [0.25, 0.3) is 0 Å². The van der Waals surface area contributed by atoms with Gasteiger partial charge in [-0.1, -0.05) is 23.4 Å². The maximum absolute atomic E-state index is 13.7. The molecular weight excluding hydrogens is 478 g/mol. The Balaban J connectivity index is 1.84. The zero-order valence-corrected chi connectivity index (χ0v) is 20.5. The predicted molar refractivity (Wildman–Crippen MR) is 125 cm³/mol. The minimum atomic E-state index is -3.95. The van der Waals surface area contributed by atoms with Gasteiger partial charge in [0.15, 0.2) is 25.5 Å². The van der Waals surface area contributed by atoms with Crippen molar-refractivity contribution in [3.05, 3.63) is 59.2 Å². The fraction of sp³-hybridized carbons (Fsp3) is 0.375. The van der Waals surface area contributed by atoms with Crippen LogP contribution >= 0.6 is 0 Å². The van der Waals surface area contributed by atoms with E-state index >= 15 is 0 Å². The Hall–Kier alpha value is -2.85. The van der Waals surface area contributed by atoms with Crippen molar-refractivity contribution >= 4 is 37.0 Å². The summed E-state index contributed by atoms with van der Waals surface area (Å²) >= 11 is 0. The van der Waals surface area contributed by atoms with Gasteiger partial charge in [-0.25, -0.2) is 16.8 Å². The van der Waals surface area contributed by atoms with E-state index in [9.17, 15) is 26.4 Å². The van der Waals surface area contributed by atoms with E-state index in [4.69, 9.17) is 4.84 Å². The van der Waals surface area contributed by atoms with Crippen molar-refractivity contribution in [3.8, 4) is 0 Å². The van der Waals surface area contributed by atoms with Crippen LogP contribution in [0.15, 0.2) is 57.4 Å². The summed E-state index contributed by atoms with van der Waals surface area (Å²) in [5.74, 6) is -2.53. The highest BCUT2D eigenvalue weighted by atomic mass is 32.2. The van der Waals surface area contributed by atoms with E-state index in [0.717, 1.165) is 0 Å². The minimum absolute atomic E-state index is 0.0482. The molecule has 2 atom stereocenters. The number of benzene rings is 2. The number of sulfone groups is 2. The van der Waals surface area contributed by atoms with Gasteiger partial charge in [0.1, 0.15) is 12.9 Å².